The molecule has 0 unspecified atom stereocenters. The van der Waals surface area contributed by atoms with Crippen molar-refractivity contribution in [2.45, 2.75) is 20.0 Å². The third kappa shape index (κ3) is 3.66. The van der Waals surface area contributed by atoms with Crippen LogP contribution in [0.2, 0.25) is 0 Å². The minimum Gasteiger partial charge on any atom is -0.383 e. The highest BCUT2D eigenvalue weighted by atomic mass is 16.5. The van der Waals surface area contributed by atoms with E-state index >= 15 is 0 Å². The van der Waals surface area contributed by atoms with Gasteiger partial charge in [0.1, 0.15) is 0 Å². The molecular formula is C26H24N4O3. The van der Waals surface area contributed by atoms with Crippen LogP contribution in [0, 0.1) is 6.92 Å². The van der Waals surface area contributed by atoms with Gasteiger partial charge in [-0.3, -0.25) is 9.36 Å². The highest BCUT2D eigenvalue weighted by molar-refractivity contribution is 5.91. The van der Waals surface area contributed by atoms with Gasteiger partial charge in [0.05, 0.1) is 25.2 Å². The van der Waals surface area contributed by atoms with Crippen LogP contribution in [0.1, 0.15) is 11.1 Å². The van der Waals surface area contributed by atoms with Gasteiger partial charge in [0.25, 0.3) is 5.56 Å². The summed E-state index contributed by atoms with van der Waals surface area (Å²) in [6, 6.07) is 21.8. The molecule has 5 aromatic rings. The molecule has 0 N–H and O–H groups in total. The summed E-state index contributed by atoms with van der Waals surface area (Å²) in [6.45, 7) is 2.92. The van der Waals surface area contributed by atoms with E-state index in [0.717, 1.165) is 21.9 Å². The van der Waals surface area contributed by atoms with Crippen molar-refractivity contribution in [2.24, 2.45) is 0 Å². The fraction of sp³-hybridized carbons (Fsp3) is 0.192. The Bertz CT molecular complexity index is 1590. The van der Waals surface area contributed by atoms with Gasteiger partial charge in [-0.1, -0.05) is 66.2 Å². The van der Waals surface area contributed by atoms with Crippen molar-refractivity contribution in [1.29, 1.82) is 0 Å². The van der Waals surface area contributed by atoms with Crippen LogP contribution in [0.25, 0.3) is 27.6 Å². The van der Waals surface area contributed by atoms with Gasteiger partial charge in [-0.2, -0.15) is 0 Å². The normalized spacial score (nSPS) is 11.5. The Kier molecular flexibility index (Phi) is 5.40. The lowest BCUT2D eigenvalue weighted by atomic mass is 10.1. The quantitative estimate of drug-likeness (QED) is 0.405. The summed E-state index contributed by atoms with van der Waals surface area (Å²) in [4.78, 5) is 31.6. The number of aromatic nitrogens is 4. The smallest absolute Gasteiger partial charge is 0.337 e. The van der Waals surface area contributed by atoms with E-state index in [4.69, 9.17) is 4.74 Å². The van der Waals surface area contributed by atoms with E-state index in [1.165, 1.54) is 4.57 Å². The Hall–Kier alpha value is -3.97. The van der Waals surface area contributed by atoms with E-state index in [0.29, 0.717) is 23.4 Å². The zero-order valence-corrected chi connectivity index (χ0v) is 18.6. The molecule has 0 spiro atoms. The number of fused-ring (bicyclic) bond motifs is 2. The van der Waals surface area contributed by atoms with E-state index in [1.807, 2.05) is 72.2 Å². The summed E-state index contributed by atoms with van der Waals surface area (Å²) >= 11 is 0. The fourth-order valence-electron chi connectivity index (χ4n) is 4.31. The van der Waals surface area contributed by atoms with Crippen LogP contribution >= 0.6 is 0 Å². The predicted molar refractivity (Wildman–Crippen MR) is 129 cm³/mol. The fourth-order valence-corrected chi connectivity index (χ4v) is 4.31. The van der Waals surface area contributed by atoms with Crippen molar-refractivity contribution >= 4 is 21.9 Å². The van der Waals surface area contributed by atoms with Gasteiger partial charge in [-0.15, -0.1) is 0 Å². The average molecular weight is 441 g/mol. The largest absolute Gasteiger partial charge is 0.383 e. The number of hydrogen-bond acceptors (Lipinski definition) is 4. The van der Waals surface area contributed by atoms with Gasteiger partial charge < -0.3 is 9.30 Å². The second-order valence-corrected chi connectivity index (χ2v) is 8.10. The van der Waals surface area contributed by atoms with Gasteiger partial charge in [0.2, 0.25) is 0 Å². The summed E-state index contributed by atoms with van der Waals surface area (Å²) in [5, 5.41) is 1.91. The molecule has 7 heteroatoms. The maximum absolute atomic E-state index is 13.6. The topological polar surface area (TPSA) is 71.1 Å². The molecule has 0 radical (unpaired) electrons. The van der Waals surface area contributed by atoms with Crippen LogP contribution in [0.4, 0.5) is 0 Å². The number of aryl methyl sites for hydroxylation is 1. The van der Waals surface area contributed by atoms with Crippen LogP contribution in [-0.4, -0.2) is 32.4 Å². The molecule has 0 bridgehead atoms. The number of rotatable bonds is 6. The molecule has 0 fully saturated rings. The maximum Gasteiger partial charge on any atom is 0.337 e. The molecule has 0 aliphatic carbocycles. The van der Waals surface area contributed by atoms with E-state index in [-0.39, 0.29) is 18.7 Å². The Balaban J connectivity index is 1.81. The zero-order chi connectivity index (χ0) is 22.9. The number of ether oxygens (including phenoxy) is 1. The second-order valence-electron chi connectivity index (χ2n) is 8.10. The van der Waals surface area contributed by atoms with Gasteiger partial charge in [0, 0.05) is 19.0 Å². The summed E-state index contributed by atoms with van der Waals surface area (Å²) < 4.78 is 9.77. The van der Waals surface area contributed by atoms with E-state index in [1.54, 1.807) is 18.0 Å². The number of methoxy groups -OCH3 is 1. The monoisotopic (exact) mass is 440 g/mol. The zero-order valence-electron chi connectivity index (χ0n) is 18.6. The van der Waals surface area contributed by atoms with Crippen molar-refractivity contribution in [3.05, 3.63) is 105 Å². The molecule has 5 rings (SSSR count). The molecular weight excluding hydrogens is 416 g/mol. The van der Waals surface area contributed by atoms with Crippen LogP contribution in [-0.2, 0) is 17.8 Å². The molecule has 0 saturated carbocycles. The van der Waals surface area contributed by atoms with Crippen LogP contribution in [0.5, 0.6) is 0 Å². The lowest BCUT2D eigenvalue weighted by molar-refractivity contribution is 0.184. The van der Waals surface area contributed by atoms with E-state index in [2.05, 4.69) is 11.1 Å². The molecule has 0 aliphatic rings. The summed E-state index contributed by atoms with van der Waals surface area (Å²) in [5.74, 6) is 0. The van der Waals surface area contributed by atoms with Gasteiger partial charge in [-0.25, -0.2) is 14.3 Å². The lowest BCUT2D eigenvalue weighted by Gasteiger charge is -2.14. The number of benzene rings is 3. The molecule has 3 aromatic carbocycles. The van der Waals surface area contributed by atoms with E-state index < -0.39 is 5.69 Å². The first-order valence-corrected chi connectivity index (χ1v) is 10.8. The SMILES string of the molecule is COCCn1c(=O)c2c(ncn2Cc2cccc(C)c2)n(-c2cccc3ccccc23)c1=O. The standard InChI is InChI=1S/C26H24N4O3/c1-18-7-5-8-19(15-18)16-28-17-27-24-23(28)25(31)29(13-14-33-2)26(32)30(24)22-12-6-10-20-9-3-4-11-21(20)22/h3-12,15,17H,13-14,16H2,1-2H3. The minimum absolute atomic E-state index is 0.157. The Labute approximate surface area is 190 Å². The Morgan fingerprint density at radius 2 is 1.76 bits per heavy atom. The molecule has 7 nitrogen and oxygen atoms in total. The van der Waals surface area contributed by atoms with Gasteiger partial charge in [-0.05, 0) is 23.9 Å². The highest BCUT2D eigenvalue weighted by Gasteiger charge is 2.20. The molecule has 0 amide bonds. The van der Waals surface area contributed by atoms with Crippen LogP contribution < -0.4 is 11.2 Å². The summed E-state index contributed by atoms with van der Waals surface area (Å²) in [6.07, 6.45) is 1.64. The summed E-state index contributed by atoms with van der Waals surface area (Å²) in [5.41, 5.74) is 2.83. The first-order chi connectivity index (χ1) is 16.1. The lowest BCUT2D eigenvalue weighted by Crippen LogP contribution is -2.41. The molecule has 0 aliphatic heterocycles. The van der Waals surface area contributed by atoms with Crippen molar-refractivity contribution in [3.63, 3.8) is 0 Å². The van der Waals surface area contributed by atoms with Gasteiger partial charge >= 0.3 is 5.69 Å². The number of hydrogen-bond donors (Lipinski definition) is 0. The molecule has 2 heterocycles. The Morgan fingerprint density at radius 1 is 0.970 bits per heavy atom. The minimum atomic E-state index is -0.429. The average Bonchev–Trinajstić information content (AvgIpc) is 3.22. The molecule has 0 atom stereocenters. The molecule has 33 heavy (non-hydrogen) atoms. The van der Waals surface area contributed by atoms with Crippen molar-refractivity contribution in [3.8, 4) is 5.69 Å². The predicted octanol–water partition coefficient (Wildman–Crippen LogP) is 3.51. The Morgan fingerprint density at radius 3 is 2.58 bits per heavy atom. The third-order valence-electron chi connectivity index (χ3n) is 5.86. The maximum atomic E-state index is 13.6. The highest BCUT2D eigenvalue weighted by Crippen LogP contribution is 2.23. The first kappa shape index (κ1) is 20.9. The van der Waals surface area contributed by atoms with Gasteiger partial charge in [0.15, 0.2) is 11.2 Å². The molecule has 2 aromatic heterocycles. The summed E-state index contributed by atoms with van der Waals surface area (Å²) in [7, 11) is 1.55. The molecule has 0 saturated heterocycles. The van der Waals surface area contributed by atoms with Crippen molar-refractivity contribution in [2.75, 3.05) is 13.7 Å². The number of nitrogens with zero attached hydrogens (tertiary/aromatic N) is 4. The molecule has 166 valence electrons. The van der Waals surface area contributed by atoms with Crippen LogP contribution in [0.15, 0.2) is 82.6 Å². The van der Waals surface area contributed by atoms with Crippen molar-refractivity contribution < 1.29 is 4.74 Å². The number of imidazole rings is 1. The van der Waals surface area contributed by atoms with Crippen LogP contribution in [0.3, 0.4) is 0 Å². The third-order valence-corrected chi connectivity index (χ3v) is 5.86. The first-order valence-electron chi connectivity index (χ1n) is 10.8. The van der Waals surface area contributed by atoms with Crippen molar-refractivity contribution in [1.82, 2.24) is 18.7 Å². The second kappa shape index (κ2) is 8.52. The van der Waals surface area contributed by atoms with E-state index in [9.17, 15) is 9.59 Å².